The van der Waals surface area contributed by atoms with Gasteiger partial charge in [-0.1, -0.05) is 12.8 Å². The predicted octanol–water partition coefficient (Wildman–Crippen LogP) is 2.10. The summed E-state index contributed by atoms with van der Waals surface area (Å²) >= 11 is 1.32. The minimum Gasteiger partial charge on any atom is -0.356 e. The molecule has 2 aliphatic rings. The third-order valence-corrected chi connectivity index (χ3v) is 8.92. The fraction of sp³-hybridized carbons (Fsp3) is 0.722. The number of hydrogen-bond donors (Lipinski definition) is 2. The lowest BCUT2D eigenvalue weighted by Crippen LogP contribution is -2.35. The number of carbonyl (C=O) groups excluding carboxylic acids is 1. The van der Waals surface area contributed by atoms with Gasteiger partial charge < -0.3 is 11.1 Å². The van der Waals surface area contributed by atoms with Crippen LogP contribution in [0.25, 0.3) is 0 Å². The third-order valence-electron chi connectivity index (χ3n) is 5.41. The van der Waals surface area contributed by atoms with Crippen molar-refractivity contribution in [1.82, 2.24) is 9.62 Å². The molecule has 2 heterocycles. The summed E-state index contributed by atoms with van der Waals surface area (Å²) in [7, 11) is -3.35. The molecule has 1 aromatic heterocycles. The number of thiophene rings is 1. The molecule has 0 unspecified atom stereocenters. The van der Waals surface area contributed by atoms with E-state index in [0.29, 0.717) is 42.6 Å². The van der Waals surface area contributed by atoms with Gasteiger partial charge in [0, 0.05) is 37.0 Å². The highest BCUT2D eigenvalue weighted by molar-refractivity contribution is 7.91. The molecule has 2 fully saturated rings. The van der Waals surface area contributed by atoms with E-state index < -0.39 is 10.0 Å². The van der Waals surface area contributed by atoms with Gasteiger partial charge in [0.25, 0.3) is 10.0 Å². The number of nitrogens with one attached hydrogen (secondary N) is 1. The second-order valence-electron chi connectivity index (χ2n) is 7.34. The zero-order chi connectivity index (χ0) is 18.6. The number of rotatable bonds is 7. The van der Waals surface area contributed by atoms with Crippen LogP contribution in [0.3, 0.4) is 0 Å². The lowest BCUT2D eigenvalue weighted by molar-refractivity contribution is -0.122. The summed E-state index contributed by atoms with van der Waals surface area (Å²) in [5, 5.41) is 2.94. The van der Waals surface area contributed by atoms with Crippen LogP contribution in [0.1, 0.15) is 49.8 Å². The molecule has 146 valence electrons. The number of nitrogens with zero attached hydrogens (tertiary/aromatic N) is 1. The van der Waals surface area contributed by atoms with E-state index in [1.54, 1.807) is 10.4 Å². The normalized spacial score (nSPS) is 24.7. The summed E-state index contributed by atoms with van der Waals surface area (Å²) in [6.07, 6.45) is 7.31. The number of carbonyl (C=O) groups is 1. The number of amides is 1. The van der Waals surface area contributed by atoms with E-state index in [2.05, 4.69) is 5.32 Å². The van der Waals surface area contributed by atoms with Crippen molar-refractivity contribution >= 4 is 27.3 Å². The van der Waals surface area contributed by atoms with Crippen molar-refractivity contribution in [3.8, 4) is 0 Å². The van der Waals surface area contributed by atoms with Gasteiger partial charge in [0.2, 0.25) is 5.91 Å². The minimum atomic E-state index is -3.35. The van der Waals surface area contributed by atoms with Crippen molar-refractivity contribution in [3.05, 3.63) is 17.0 Å². The molecule has 8 heteroatoms. The van der Waals surface area contributed by atoms with Crippen LogP contribution in [0, 0.1) is 5.92 Å². The van der Waals surface area contributed by atoms with E-state index in [9.17, 15) is 13.2 Å². The van der Waals surface area contributed by atoms with Crippen molar-refractivity contribution in [2.24, 2.45) is 11.7 Å². The van der Waals surface area contributed by atoms with Crippen LogP contribution in [0.2, 0.25) is 0 Å². The zero-order valence-electron chi connectivity index (χ0n) is 15.2. The Morgan fingerprint density at radius 3 is 2.65 bits per heavy atom. The van der Waals surface area contributed by atoms with E-state index in [1.165, 1.54) is 11.3 Å². The SMILES string of the molecule is N[C@@H]1CCC[C@H]1CC(=O)NCCc1ccc(S(=O)(=O)N2CCCCC2)s1. The Labute approximate surface area is 160 Å². The summed E-state index contributed by atoms with van der Waals surface area (Å²) in [5.74, 6) is 0.350. The zero-order valence-corrected chi connectivity index (χ0v) is 16.8. The van der Waals surface area contributed by atoms with Crippen LogP contribution in [-0.2, 0) is 21.2 Å². The number of hydrogen-bond acceptors (Lipinski definition) is 5. The molecule has 3 rings (SSSR count). The van der Waals surface area contributed by atoms with Crippen molar-refractivity contribution in [1.29, 1.82) is 0 Å². The topological polar surface area (TPSA) is 92.5 Å². The van der Waals surface area contributed by atoms with Gasteiger partial charge >= 0.3 is 0 Å². The van der Waals surface area contributed by atoms with Gasteiger partial charge in [-0.05, 0) is 50.2 Å². The number of sulfonamides is 1. The van der Waals surface area contributed by atoms with Crippen LogP contribution in [-0.4, -0.2) is 44.3 Å². The van der Waals surface area contributed by atoms with Crippen LogP contribution in [0.5, 0.6) is 0 Å². The molecule has 1 amide bonds. The quantitative estimate of drug-likeness (QED) is 0.734. The molecule has 26 heavy (non-hydrogen) atoms. The van der Waals surface area contributed by atoms with Crippen molar-refractivity contribution in [2.75, 3.05) is 19.6 Å². The van der Waals surface area contributed by atoms with Crippen molar-refractivity contribution < 1.29 is 13.2 Å². The second-order valence-corrected chi connectivity index (χ2v) is 10.7. The van der Waals surface area contributed by atoms with E-state index >= 15 is 0 Å². The molecule has 0 radical (unpaired) electrons. The maximum absolute atomic E-state index is 12.7. The summed E-state index contributed by atoms with van der Waals surface area (Å²) < 4.78 is 27.3. The highest BCUT2D eigenvalue weighted by Gasteiger charge is 2.28. The molecule has 0 aromatic carbocycles. The molecular formula is C18H29N3O3S2. The van der Waals surface area contributed by atoms with Crippen LogP contribution in [0.15, 0.2) is 16.3 Å². The first kappa shape index (κ1) is 19.8. The van der Waals surface area contributed by atoms with E-state index in [1.807, 2.05) is 6.07 Å². The monoisotopic (exact) mass is 399 g/mol. The number of nitrogens with two attached hydrogens (primary N) is 1. The van der Waals surface area contributed by atoms with Gasteiger partial charge in [-0.25, -0.2) is 8.42 Å². The standard InChI is InChI=1S/C18H29N3O3S2/c19-16-6-4-5-14(16)13-17(22)20-10-9-15-7-8-18(25-15)26(23,24)21-11-2-1-3-12-21/h7-8,14,16H,1-6,9-13,19H2,(H,20,22)/t14-,16+/m0/s1. The molecule has 2 atom stereocenters. The van der Waals surface area contributed by atoms with Gasteiger partial charge in [-0.2, -0.15) is 4.31 Å². The fourth-order valence-electron chi connectivity index (χ4n) is 3.82. The Bertz CT molecular complexity index is 711. The van der Waals surface area contributed by atoms with E-state index in [0.717, 1.165) is 43.4 Å². The smallest absolute Gasteiger partial charge is 0.252 e. The lowest BCUT2D eigenvalue weighted by atomic mass is 10.00. The van der Waals surface area contributed by atoms with Crippen LogP contribution >= 0.6 is 11.3 Å². The molecule has 1 aliphatic carbocycles. The highest BCUT2D eigenvalue weighted by Crippen LogP contribution is 2.28. The van der Waals surface area contributed by atoms with Gasteiger partial charge in [0.15, 0.2) is 0 Å². The average Bonchev–Trinajstić information content (AvgIpc) is 3.26. The average molecular weight is 400 g/mol. The fourth-order valence-corrected chi connectivity index (χ4v) is 6.84. The molecule has 1 aliphatic heterocycles. The lowest BCUT2D eigenvalue weighted by Gasteiger charge is -2.25. The molecule has 1 saturated carbocycles. The molecule has 0 spiro atoms. The Kier molecular flexibility index (Phi) is 6.71. The Morgan fingerprint density at radius 2 is 1.96 bits per heavy atom. The van der Waals surface area contributed by atoms with Gasteiger partial charge in [0.1, 0.15) is 4.21 Å². The molecule has 1 aromatic rings. The Balaban J connectivity index is 1.47. The van der Waals surface area contributed by atoms with Gasteiger partial charge in [-0.15, -0.1) is 11.3 Å². The van der Waals surface area contributed by atoms with Gasteiger partial charge in [0.05, 0.1) is 0 Å². The summed E-state index contributed by atoms with van der Waals surface area (Å²) in [6.45, 7) is 1.77. The third kappa shape index (κ3) is 4.85. The first-order valence-corrected chi connectivity index (χ1v) is 11.8. The summed E-state index contributed by atoms with van der Waals surface area (Å²) in [4.78, 5) is 13.0. The van der Waals surface area contributed by atoms with Gasteiger partial charge in [-0.3, -0.25) is 4.79 Å². The second kappa shape index (κ2) is 8.82. The maximum Gasteiger partial charge on any atom is 0.252 e. The Morgan fingerprint density at radius 1 is 1.19 bits per heavy atom. The maximum atomic E-state index is 12.7. The van der Waals surface area contributed by atoms with Crippen LogP contribution in [0.4, 0.5) is 0 Å². The molecule has 3 N–H and O–H groups in total. The summed E-state index contributed by atoms with van der Waals surface area (Å²) in [6, 6.07) is 3.71. The van der Waals surface area contributed by atoms with E-state index in [-0.39, 0.29) is 11.9 Å². The molecular weight excluding hydrogens is 370 g/mol. The molecule has 0 bridgehead atoms. The highest BCUT2D eigenvalue weighted by atomic mass is 32.2. The summed E-state index contributed by atoms with van der Waals surface area (Å²) in [5.41, 5.74) is 6.01. The predicted molar refractivity (Wildman–Crippen MR) is 104 cm³/mol. The number of piperidine rings is 1. The first-order valence-electron chi connectivity index (χ1n) is 9.58. The van der Waals surface area contributed by atoms with E-state index in [4.69, 9.17) is 5.73 Å². The largest absolute Gasteiger partial charge is 0.356 e. The minimum absolute atomic E-state index is 0.0464. The first-order chi connectivity index (χ1) is 12.5. The van der Waals surface area contributed by atoms with Crippen LogP contribution < -0.4 is 11.1 Å². The van der Waals surface area contributed by atoms with Crippen molar-refractivity contribution in [2.45, 2.75) is 61.6 Å². The Hall–Kier alpha value is -0.960. The molecule has 6 nitrogen and oxygen atoms in total. The van der Waals surface area contributed by atoms with Crippen molar-refractivity contribution in [3.63, 3.8) is 0 Å². The molecule has 1 saturated heterocycles.